The standard InChI is InChI=1S/C31H32F2N2O3/c1-19(2)38-29-11-10-23(18-34-29)30-24-14-21(8-9-22(24)17-35-30)28(36)13-20-5-4-12-31(37,15-20)16-25-26(32)6-3-7-27(25)33/h3,6-11,14,18-20,37H,4-5,12-13,15-17H2,1-2H3/t20-,31+/m0/s1. The molecule has 0 amide bonds. The number of aromatic nitrogens is 1. The Hall–Kier alpha value is -3.45. The van der Waals surface area contributed by atoms with Gasteiger partial charge in [0.05, 0.1) is 24.0 Å². The van der Waals surface area contributed by atoms with Crippen molar-refractivity contribution in [3.8, 4) is 5.88 Å². The first-order valence-electron chi connectivity index (χ1n) is 13.2. The van der Waals surface area contributed by atoms with Gasteiger partial charge in [0.15, 0.2) is 5.78 Å². The summed E-state index contributed by atoms with van der Waals surface area (Å²) in [4.78, 5) is 22.4. The van der Waals surface area contributed by atoms with Crippen molar-refractivity contribution in [2.45, 2.75) is 70.6 Å². The van der Waals surface area contributed by atoms with Crippen LogP contribution < -0.4 is 4.74 Å². The van der Waals surface area contributed by atoms with Gasteiger partial charge in [0.1, 0.15) is 11.6 Å². The van der Waals surface area contributed by atoms with Crippen molar-refractivity contribution < 1.29 is 23.4 Å². The predicted octanol–water partition coefficient (Wildman–Crippen LogP) is 6.23. The first-order chi connectivity index (χ1) is 18.2. The van der Waals surface area contributed by atoms with E-state index >= 15 is 0 Å². The van der Waals surface area contributed by atoms with Gasteiger partial charge in [-0.3, -0.25) is 9.79 Å². The topological polar surface area (TPSA) is 71.8 Å². The van der Waals surface area contributed by atoms with Gasteiger partial charge >= 0.3 is 0 Å². The summed E-state index contributed by atoms with van der Waals surface area (Å²) in [6.07, 6.45) is 4.24. The van der Waals surface area contributed by atoms with Gasteiger partial charge in [0.25, 0.3) is 0 Å². The number of aliphatic hydroxyl groups is 1. The highest BCUT2D eigenvalue weighted by Crippen LogP contribution is 2.38. The summed E-state index contributed by atoms with van der Waals surface area (Å²) in [5.74, 6) is -0.815. The Kier molecular flexibility index (Phi) is 7.39. The molecule has 0 bridgehead atoms. The van der Waals surface area contributed by atoms with E-state index in [4.69, 9.17) is 4.74 Å². The summed E-state index contributed by atoms with van der Waals surface area (Å²) in [6, 6.07) is 13.2. The summed E-state index contributed by atoms with van der Waals surface area (Å²) in [7, 11) is 0. The number of halogens is 2. The van der Waals surface area contributed by atoms with Gasteiger partial charge in [0.2, 0.25) is 5.88 Å². The van der Waals surface area contributed by atoms with E-state index in [0.717, 1.165) is 28.8 Å². The highest BCUT2D eigenvalue weighted by atomic mass is 19.1. The predicted molar refractivity (Wildman–Crippen MR) is 142 cm³/mol. The number of carbonyl (C=O) groups is 1. The van der Waals surface area contributed by atoms with E-state index in [9.17, 15) is 18.7 Å². The Morgan fingerprint density at radius 1 is 1.16 bits per heavy atom. The van der Waals surface area contributed by atoms with Crippen LogP contribution in [-0.2, 0) is 13.0 Å². The van der Waals surface area contributed by atoms with Gasteiger partial charge < -0.3 is 9.84 Å². The molecule has 5 nitrogen and oxygen atoms in total. The Labute approximate surface area is 221 Å². The van der Waals surface area contributed by atoms with Gasteiger partial charge in [-0.05, 0) is 68.9 Å². The van der Waals surface area contributed by atoms with Crippen molar-refractivity contribution in [3.63, 3.8) is 0 Å². The highest BCUT2D eigenvalue weighted by Gasteiger charge is 2.36. The number of nitrogens with zero attached hydrogens (tertiary/aromatic N) is 2. The second-order valence-corrected chi connectivity index (χ2v) is 10.8. The van der Waals surface area contributed by atoms with Gasteiger partial charge in [-0.2, -0.15) is 0 Å². The zero-order chi connectivity index (χ0) is 26.9. The van der Waals surface area contributed by atoms with Crippen LogP contribution in [0, 0.1) is 17.6 Å². The molecule has 0 unspecified atom stereocenters. The quantitative estimate of drug-likeness (QED) is 0.359. The number of aliphatic imine (C=N–C) groups is 1. The number of ketones is 1. The lowest BCUT2D eigenvalue weighted by atomic mass is 9.73. The molecule has 38 heavy (non-hydrogen) atoms. The van der Waals surface area contributed by atoms with Crippen molar-refractivity contribution >= 4 is 11.5 Å². The lowest BCUT2D eigenvalue weighted by Crippen LogP contribution is -2.38. The third kappa shape index (κ3) is 5.68. The Morgan fingerprint density at radius 2 is 1.95 bits per heavy atom. The number of rotatable bonds is 8. The molecule has 5 rings (SSSR count). The summed E-state index contributed by atoms with van der Waals surface area (Å²) in [6.45, 7) is 4.44. The molecule has 1 saturated carbocycles. The largest absolute Gasteiger partial charge is 0.475 e. The fourth-order valence-corrected chi connectivity index (χ4v) is 5.64. The highest BCUT2D eigenvalue weighted by molar-refractivity contribution is 6.16. The molecule has 1 fully saturated rings. The second kappa shape index (κ2) is 10.7. The molecule has 7 heteroatoms. The average Bonchev–Trinajstić information content (AvgIpc) is 3.30. The van der Waals surface area contributed by atoms with Crippen molar-refractivity contribution in [2.24, 2.45) is 10.9 Å². The van der Waals surface area contributed by atoms with Gasteiger partial charge in [-0.25, -0.2) is 13.8 Å². The monoisotopic (exact) mass is 518 g/mol. The van der Waals surface area contributed by atoms with Crippen molar-refractivity contribution in [2.75, 3.05) is 0 Å². The zero-order valence-electron chi connectivity index (χ0n) is 21.7. The molecule has 2 aliphatic rings. The van der Waals surface area contributed by atoms with Gasteiger partial charge in [-0.15, -0.1) is 0 Å². The first kappa shape index (κ1) is 26.2. The van der Waals surface area contributed by atoms with Crippen molar-refractivity contribution in [3.05, 3.63) is 94.2 Å². The molecule has 0 radical (unpaired) electrons. The van der Waals surface area contributed by atoms with E-state index in [0.29, 0.717) is 37.3 Å². The van der Waals surface area contributed by atoms with Crippen LogP contribution in [0.2, 0.25) is 0 Å². The Bertz CT molecular complexity index is 1350. The maximum Gasteiger partial charge on any atom is 0.213 e. The molecular weight excluding hydrogens is 486 g/mol. The SMILES string of the molecule is CC(C)Oc1ccc(C2=NCc3ccc(C(=O)C[C@@H]4CCC[C@](O)(Cc5c(F)cccc5F)C4)cc32)cn1. The van der Waals surface area contributed by atoms with E-state index in [-0.39, 0.29) is 36.2 Å². The van der Waals surface area contributed by atoms with E-state index in [2.05, 4.69) is 9.98 Å². The smallest absolute Gasteiger partial charge is 0.213 e. The molecule has 2 atom stereocenters. The van der Waals surface area contributed by atoms with Crippen LogP contribution in [0.4, 0.5) is 8.78 Å². The fraction of sp³-hybridized carbons (Fsp3) is 0.387. The minimum atomic E-state index is -1.23. The van der Waals surface area contributed by atoms with Crippen molar-refractivity contribution in [1.29, 1.82) is 0 Å². The zero-order valence-corrected chi connectivity index (χ0v) is 21.7. The maximum absolute atomic E-state index is 14.2. The first-order valence-corrected chi connectivity index (χ1v) is 13.2. The molecule has 2 aromatic carbocycles. The number of Topliss-reactive ketones (excluding diaryl/α,β-unsaturated/α-hetero) is 1. The Balaban J connectivity index is 1.28. The number of ether oxygens (including phenoxy) is 1. The molecular formula is C31H32F2N2O3. The van der Waals surface area contributed by atoms with Crippen LogP contribution in [-0.4, -0.2) is 33.3 Å². The van der Waals surface area contributed by atoms with Gasteiger partial charge in [0, 0.05) is 47.4 Å². The number of hydrogen-bond acceptors (Lipinski definition) is 5. The number of carbonyl (C=O) groups excluding carboxylic acids is 1. The normalized spacial score (nSPS) is 20.8. The Morgan fingerprint density at radius 3 is 2.66 bits per heavy atom. The summed E-state index contributed by atoms with van der Waals surface area (Å²) in [5, 5.41) is 11.2. The van der Waals surface area contributed by atoms with Crippen LogP contribution >= 0.6 is 0 Å². The molecule has 1 aromatic heterocycles. The van der Waals surface area contributed by atoms with Crippen LogP contribution in [0.3, 0.4) is 0 Å². The second-order valence-electron chi connectivity index (χ2n) is 10.8. The summed E-state index contributed by atoms with van der Waals surface area (Å²) in [5.41, 5.74) is 2.91. The van der Waals surface area contributed by atoms with E-state index in [1.807, 2.05) is 44.2 Å². The molecule has 3 aromatic rings. The summed E-state index contributed by atoms with van der Waals surface area (Å²) >= 11 is 0. The number of pyridine rings is 1. The van der Waals surface area contributed by atoms with Crippen LogP contribution in [0.5, 0.6) is 5.88 Å². The van der Waals surface area contributed by atoms with E-state index < -0.39 is 17.2 Å². The molecule has 0 saturated heterocycles. The van der Waals surface area contributed by atoms with E-state index in [1.54, 1.807) is 6.20 Å². The van der Waals surface area contributed by atoms with Crippen LogP contribution in [0.15, 0.2) is 59.7 Å². The van der Waals surface area contributed by atoms with Crippen LogP contribution in [0.1, 0.15) is 78.6 Å². The number of hydrogen-bond donors (Lipinski definition) is 1. The lowest BCUT2D eigenvalue weighted by molar-refractivity contribution is -0.0171. The van der Waals surface area contributed by atoms with E-state index in [1.165, 1.54) is 18.2 Å². The molecule has 198 valence electrons. The molecule has 1 N–H and O–H groups in total. The molecule has 0 spiro atoms. The number of benzene rings is 2. The molecule has 2 heterocycles. The fourth-order valence-electron chi connectivity index (χ4n) is 5.64. The number of fused-ring (bicyclic) bond motifs is 1. The maximum atomic E-state index is 14.2. The van der Waals surface area contributed by atoms with Crippen LogP contribution in [0.25, 0.3) is 0 Å². The average molecular weight is 519 g/mol. The van der Waals surface area contributed by atoms with Crippen molar-refractivity contribution in [1.82, 2.24) is 4.98 Å². The molecule has 1 aliphatic carbocycles. The minimum absolute atomic E-state index is 0.0100. The lowest BCUT2D eigenvalue weighted by Gasteiger charge is -2.37. The molecule has 1 aliphatic heterocycles. The third-order valence-electron chi connectivity index (χ3n) is 7.43. The minimum Gasteiger partial charge on any atom is -0.475 e. The summed E-state index contributed by atoms with van der Waals surface area (Å²) < 4.78 is 34.1. The third-order valence-corrected chi connectivity index (χ3v) is 7.43. The van der Waals surface area contributed by atoms with Gasteiger partial charge in [-0.1, -0.05) is 24.6 Å².